The van der Waals surface area contributed by atoms with Gasteiger partial charge in [0.15, 0.2) is 0 Å². The SMILES string of the molecule is CNc1cncc(C(=O)Nc2ccc(C)cc2F)n1. The summed E-state index contributed by atoms with van der Waals surface area (Å²) in [6.45, 7) is 1.77. The lowest BCUT2D eigenvalue weighted by Gasteiger charge is -2.07. The highest BCUT2D eigenvalue weighted by Crippen LogP contribution is 2.16. The van der Waals surface area contributed by atoms with Crippen molar-refractivity contribution in [3.05, 3.63) is 47.7 Å². The lowest BCUT2D eigenvalue weighted by atomic mass is 10.2. The molecule has 0 unspecified atom stereocenters. The Labute approximate surface area is 109 Å². The summed E-state index contributed by atoms with van der Waals surface area (Å²) in [5.74, 6) is -0.518. The second-order valence-electron chi connectivity index (χ2n) is 3.98. The van der Waals surface area contributed by atoms with Gasteiger partial charge in [0.2, 0.25) is 0 Å². The Morgan fingerprint density at radius 2 is 2.11 bits per heavy atom. The first-order valence-electron chi connectivity index (χ1n) is 5.67. The van der Waals surface area contributed by atoms with Crippen molar-refractivity contribution in [2.24, 2.45) is 0 Å². The van der Waals surface area contributed by atoms with Crippen LogP contribution in [0.4, 0.5) is 15.9 Å². The van der Waals surface area contributed by atoms with Gasteiger partial charge in [0.05, 0.1) is 18.1 Å². The number of nitrogens with zero attached hydrogens (tertiary/aromatic N) is 2. The van der Waals surface area contributed by atoms with Crippen LogP contribution < -0.4 is 10.6 Å². The number of nitrogens with one attached hydrogen (secondary N) is 2. The highest BCUT2D eigenvalue weighted by Gasteiger charge is 2.11. The van der Waals surface area contributed by atoms with Crippen molar-refractivity contribution < 1.29 is 9.18 Å². The molecule has 0 saturated carbocycles. The van der Waals surface area contributed by atoms with Crippen molar-refractivity contribution >= 4 is 17.4 Å². The summed E-state index contributed by atoms with van der Waals surface area (Å²) in [6.07, 6.45) is 2.81. The van der Waals surface area contributed by atoms with Crippen LogP contribution in [0.5, 0.6) is 0 Å². The summed E-state index contributed by atoms with van der Waals surface area (Å²) < 4.78 is 13.6. The van der Waals surface area contributed by atoms with E-state index in [4.69, 9.17) is 0 Å². The lowest BCUT2D eigenvalue weighted by Crippen LogP contribution is -2.15. The zero-order chi connectivity index (χ0) is 13.8. The Hall–Kier alpha value is -2.50. The molecule has 0 bridgehead atoms. The van der Waals surface area contributed by atoms with E-state index >= 15 is 0 Å². The Morgan fingerprint density at radius 3 is 2.79 bits per heavy atom. The second kappa shape index (κ2) is 5.43. The average Bonchev–Trinajstić information content (AvgIpc) is 2.42. The van der Waals surface area contributed by atoms with Gasteiger partial charge in [-0.1, -0.05) is 6.07 Å². The highest BCUT2D eigenvalue weighted by atomic mass is 19.1. The number of halogens is 1. The summed E-state index contributed by atoms with van der Waals surface area (Å²) in [4.78, 5) is 19.8. The first kappa shape index (κ1) is 12.9. The van der Waals surface area contributed by atoms with Gasteiger partial charge in [-0.2, -0.15) is 0 Å². The highest BCUT2D eigenvalue weighted by molar-refractivity contribution is 6.02. The average molecular weight is 260 g/mol. The smallest absolute Gasteiger partial charge is 0.276 e. The molecule has 0 fully saturated rings. The van der Waals surface area contributed by atoms with Crippen LogP contribution >= 0.6 is 0 Å². The summed E-state index contributed by atoms with van der Waals surface area (Å²) >= 11 is 0. The number of benzene rings is 1. The predicted octanol–water partition coefficient (Wildman–Crippen LogP) is 2.22. The molecule has 1 heterocycles. The van der Waals surface area contributed by atoms with E-state index < -0.39 is 11.7 Å². The monoisotopic (exact) mass is 260 g/mol. The van der Waals surface area contributed by atoms with Gasteiger partial charge >= 0.3 is 0 Å². The van der Waals surface area contributed by atoms with Gasteiger partial charge in [-0.3, -0.25) is 9.78 Å². The van der Waals surface area contributed by atoms with Gasteiger partial charge in [-0.15, -0.1) is 0 Å². The van der Waals surface area contributed by atoms with Crippen molar-refractivity contribution in [3.63, 3.8) is 0 Å². The van der Waals surface area contributed by atoms with Gasteiger partial charge in [-0.25, -0.2) is 9.37 Å². The topological polar surface area (TPSA) is 66.9 Å². The second-order valence-corrected chi connectivity index (χ2v) is 3.98. The number of anilines is 2. The van der Waals surface area contributed by atoms with Crippen molar-refractivity contribution in [1.82, 2.24) is 9.97 Å². The number of aryl methyl sites for hydroxylation is 1. The first-order valence-corrected chi connectivity index (χ1v) is 5.67. The molecule has 0 atom stereocenters. The molecular formula is C13H13FN4O. The van der Waals surface area contributed by atoms with E-state index in [1.54, 1.807) is 20.0 Å². The molecule has 0 saturated heterocycles. The van der Waals surface area contributed by atoms with Crippen molar-refractivity contribution in [2.75, 3.05) is 17.7 Å². The van der Waals surface area contributed by atoms with Crippen LogP contribution in [0.2, 0.25) is 0 Å². The van der Waals surface area contributed by atoms with E-state index in [2.05, 4.69) is 20.6 Å². The number of hydrogen-bond acceptors (Lipinski definition) is 4. The fraction of sp³-hybridized carbons (Fsp3) is 0.154. The van der Waals surface area contributed by atoms with E-state index in [-0.39, 0.29) is 11.4 Å². The molecule has 98 valence electrons. The molecule has 1 amide bonds. The van der Waals surface area contributed by atoms with Crippen molar-refractivity contribution in [2.45, 2.75) is 6.92 Å². The molecule has 0 radical (unpaired) electrons. The Morgan fingerprint density at radius 1 is 1.32 bits per heavy atom. The number of aromatic nitrogens is 2. The van der Waals surface area contributed by atoms with Crippen LogP contribution in [0.3, 0.4) is 0 Å². The van der Waals surface area contributed by atoms with Crippen LogP contribution in [0, 0.1) is 12.7 Å². The summed E-state index contributed by atoms with van der Waals surface area (Å²) in [5.41, 5.74) is 1.02. The number of amides is 1. The maximum atomic E-state index is 13.6. The molecule has 2 aromatic rings. The van der Waals surface area contributed by atoms with E-state index in [1.165, 1.54) is 24.5 Å². The molecule has 1 aromatic heterocycles. The Bertz CT molecular complexity index is 615. The number of hydrogen-bond donors (Lipinski definition) is 2. The first-order chi connectivity index (χ1) is 9.10. The summed E-state index contributed by atoms with van der Waals surface area (Å²) in [7, 11) is 1.67. The third-order valence-corrected chi connectivity index (χ3v) is 2.50. The normalized spacial score (nSPS) is 10.1. The standard InChI is InChI=1S/C13H13FN4O/c1-8-3-4-10(9(14)5-8)18-13(19)11-6-16-7-12(15-2)17-11/h3-7H,1-2H3,(H,15,17)(H,18,19). The molecule has 2 N–H and O–H groups in total. The zero-order valence-corrected chi connectivity index (χ0v) is 10.6. The van der Waals surface area contributed by atoms with Gasteiger partial charge in [0.25, 0.3) is 5.91 Å². The fourth-order valence-corrected chi connectivity index (χ4v) is 1.50. The molecule has 19 heavy (non-hydrogen) atoms. The number of carbonyl (C=O) groups is 1. The quantitative estimate of drug-likeness (QED) is 0.888. The predicted molar refractivity (Wildman–Crippen MR) is 70.7 cm³/mol. The Balaban J connectivity index is 2.20. The minimum Gasteiger partial charge on any atom is -0.372 e. The van der Waals surface area contributed by atoms with E-state index in [9.17, 15) is 9.18 Å². The molecule has 5 nitrogen and oxygen atoms in total. The van der Waals surface area contributed by atoms with Gasteiger partial charge in [0, 0.05) is 7.05 Å². The lowest BCUT2D eigenvalue weighted by molar-refractivity contribution is 0.102. The molecule has 1 aromatic carbocycles. The van der Waals surface area contributed by atoms with E-state index in [0.29, 0.717) is 5.82 Å². The molecule has 0 spiro atoms. The molecule has 6 heteroatoms. The van der Waals surface area contributed by atoms with Gasteiger partial charge in [0.1, 0.15) is 17.3 Å². The third-order valence-electron chi connectivity index (χ3n) is 2.50. The molecule has 0 aliphatic heterocycles. The largest absolute Gasteiger partial charge is 0.372 e. The van der Waals surface area contributed by atoms with Crippen LogP contribution in [0.25, 0.3) is 0 Å². The summed E-state index contributed by atoms with van der Waals surface area (Å²) in [6, 6.07) is 4.58. The van der Waals surface area contributed by atoms with Crippen LogP contribution in [-0.4, -0.2) is 22.9 Å². The minimum absolute atomic E-state index is 0.117. The van der Waals surface area contributed by atoms with Crippen LogP contribution in [0.15, 0.2) is 30.6 Å². The number of carbonyl (C=O) groups excluding carboxylic acids is 1. The van der Waals surface area contributed by atoms with E-state index in [0.717, 1.165) is 5.56 Å². The van der Waals surface area contributed by atoms with Crippen LogP contribution in [0.1, 0.15) is 16.1 Å². The fourth-order valence-electron chi connectivity index (χ4n) is 1.50. The Kier molecular flexibility index (Phi) is 3.70. The maximum absolute atomic E-state index is 13.6. The van der Waals surface area contributed by atoms with E-state index in [1.807, 2.05) is 0 Å². The third kappa shape index (κ3) is 3.04. The molecular weight excluding hydrogens is 247 g/mol. The number of rotatable bonds is 3. The maximum Gasteiger partial charge on any atom is 0.276 e. The van der Waals surface area contributed by atoms with Gasteiger partial charge < -0.3 is 10.6 Å². The van der Waals surface area contributed by atoms with Crippen LogP contribution in [-0.2, 0) is 0 Å². The molecule has 2 rings (SSSR count). The minimum atomic E-state index is -0.507. The van der Waals surface area contributed by atoms with Gasteiger partial charge in [-0.05, 0) is 24.6 Å². The summed E-state index contributed by atoms with van der Waals surface area (Å²) in [5, 5.41) is 5.24. The molecule has 0 aliphatic carbocycles. The van der Waals surface area contributed by atoms with Crippen molar-refractivity contribution in [3.8, 4) is 0 Å². The molecule has 0 aliphatic rings. The van der Waals surface area contributed by atoms with Crippen molar-refractivity contribution in [1.29, 1.82) is 0 Å². The zero-order valence-electron chi connectivity index (χ0n) is 10.6.